The molecule has 1 aromatic carbocycles. The third kappa shape index (κ3) is 2.79. The predicted octanol–water partition coefficient (Wildman–Crippen LogP) is 4.00. The topological polar surface area (TPSA) is 12.0 Å². The summed E-state index contributed by atoms with van der Waals surface area (Å²) >= 11 is 1.83. The zero-order chi connectivity index (χ0) is 13.9. The SMILES string of the molecule is CNCC(Cc1cccs1)C1CCc2cc(F)ccc21. The first-order valence-electron chi connectivity index (χ1n) is 7.23. The number of nitrogens with one attached hydrogen (secondary N) is 1. The fourth-order valence-corrected chi connectivity index (χ4v) is 4.21. The second-order valence-electron chi connectivity index (χ2n) is 5.59. The van der Waals surface area contributed by atoms with Crippen LogP contribution in [0.3, 0.4) is 0 Å². The Balaban J connectivity index is 1.83. The van der Waals surface area contributed by atoms with Gasteiger partial charge >= 0.3 is 0 Å². The fourth-order valence-electron chi connectivity index (χ4n) is 3.41. The van der Waals surface area contributed by atoms with E-state index in [1.165, 1.54) is 16.0 Å². The first kappa shape index (κ1) is 13.8. The third-order valence-corrected chi connectivity index (χ3v) is 5.21. The molecule has 1 aliphatic carbocycles. The van der Waals surface area contributed by atoms with Crippen molar-refractivity contribution in [3.8, 4) is 0 Å². The van der Waals surface area contributed by atoms with Crippen molar-refractivity contribution in [2.45, 2.75) is 25.2 Å². The van der Waals surface area contributed by atoms with Crippen LogP contribution in [0.25, 0.3) is 0 Å². The van der Waals surface area contributed by atoms with Crippen LogP contribution in [0, 0.1) is 11.7 Å². The van der Waals surface area contributed by atoms with E-state index < -0.39 is 0 Å². The van der Waals surface area contributed by atoms with Crippen molar-refractivity contribution in [1.29, 1.82) is 0 Å². The minimum atomic E-state index is -0.104. The monoisotopic (exact) mass is 289 g/mol. The maximum Gasteiger partial charge on any atom is 0.123 e. The molecule has 0 bridgehead atoms. The van der Waals surface area contributed by atoms with Gasteiger partial charge in [-0.2, -0.15) is 0 Å². The molecule has 0 radical (unpaired) electrons. The van der Waals surface area contributed by atoms with Gasteiger partial charge in [-0.05, 0) is 79.4 Å². The van der Waals surface area contributed by atoms with Crippen LogP contribution >= 0.6 is 11.3 Å². The Labute approximate surface area is 123 Å². The molecule has 0 saturated carbocycles. The lowest BCUT2D eigenvalue weighted by molar-refractivity contribution is 0.405. The number of benzene rings is 1. The van der Waals surface area contributed by atoms with Gasteiger partial charge in [0.2, 0.25) is 0 Å². The number of fused-ring (bicyclic) bond motifs is 1. The Morgan fingerprint density at radius 3 is 3.05 bits per heavy atom. The average molecular weight is 289 g/mol. The average Bonchev–Trinajstić information content (AvgIpc) is 3.06. The van der Waals surface area contributed by atoms with E-state index in [4.69, 9.17) is 0 Å². The largest absolute Gasteiger partial charge is 0.319 e. The van der Waals surface area contributed by atoms with Gasteiger partial charge < -0.3 is 5.32 Å². The zero-order valence-corrected chi connectivity index (χ0v) is 12.5. The Morgan fingerprint density at radius 2 is 2.30 bits per heavy atom. The number of aryl methyl sites for hydroxylation is 1. The molecule has 3 rings (SSSR count). The summed E-state index contributed by atoms with van der Waals surface area (Å²) in [6.45, 7) is 1.01. The van der Waals surface area contributed by atoms with Crippen LogP contribution in [0.1, 0.15) is 28.3 Å². The highest BCUT2D eigenvalue weighted by molar-refractivity contribution is 7.09. The fraction of sp³-hybridized carbons (Fsp3) is 0.412. The summed E-state index contributed by atoms with van der Waals surface area (Å²) in [6.07, 6.45) is 3.28. The van der Waals surface area contributed by atoms with Gasteiger partial charge in [0.05, 0.1) is 0 Å². The highest BCUT2D eigenvalue weighted by atomic mass is 32.1. The second kappa shape index (κ2) is 6.06. The van der Waals surface area contributed by atoms with Gasteiger partial charge in [-0.25, -0.2) is 4.39 Å². The molecule has 1 N–H and O–H groups in total. The molecule has 0 saturated heterocycles. The van der Waals surface area contributed by atoms with Crippen LogP contribution < -0.4 is 5.32 Å². The van der Waals surface area contributed by atoms with Crippen molar-refractivity contribution in [2.24, 2.45) is 5.92 Å². The zero-order valence-electron chi connectivity index (χ0n) is 11.7. The van der Waals surface area contributed by atoms with Crippen LogP contribution in [-0.2, 0) is 12.8 Å². The van der Waals surface area contributed by atoms with Gasteiger partial charge in [-0.3, -0.25) is 0 Å². The Morgan fingerprint density at radius 1 is 1.40 bits per heavy atom. The molecular formula is C17H20FNS. The van der Waals surface area contributed by atoms with Crippen molar-refractivity contribution in [3.63, 3.8) is 0 Å². The summed E-state index contributed by atoms with van der Waals surface area (Å²) in [7, 11) is 2.02. The number of hydrogen-bond acceptors (Lipinski definition) is 2. The van der Waals surface area contributed by atoms with E-state index in [1.54, 1.807) is 12.1 Å². The third-order valence-electron chi connectivity index (χ3n) is 4.31. The molecule has 0 aliphatic heterocycles. The molecule has 0 fully saturated rings. The van der Waals surface area contributed by atoms with E-state index in [2.05, 4.69) is 22.8 Å². The molecule has 3 heteroatoms. The van der Waals surface area contributed by atoms with E-state index in [0.29, 0.717) is 11.8 Å². The van der Waals surface area contributed by atoms with Crippen LogP contribution in [0.5, 0.6) is 0 Å². The number of halogens is 1. The molecule has 1 nitrogen and oxygen atoms in total. The predicted molar refractivity (Wildman–Crippen MR) is 82.9 cm³/mol. The number of hydrogen-bond donors (Lipinski definition) is 1. The molecule has 2 aromatic rings. The highest BCUT2D eigenvalue weighted by Gasteiger charge is 2.29. The van der Waals surface area contributed by atoms with E-state index in [-0.39, 0.29) is 5.82 Å². The van der Waals surface area contributed by atoms with E-state index >= 15 is 0 Å². The summed E-state index contributed by atoms with van der Waals surface area (Å²) in [4.78, 5) is 1.45. The van der Waals surface area contributed by atoms with Gasteiger partial charge in [0.25, 0.3) is 0 Å². The van der Waals surface area contributed by atoms with Crippen LogP contribution in [0.15, 0.2) is 35.7 Å². The molecule has 1 aromatic heterocycles. The minimum Gasteiger partial charge on any atom is -0.319 e. The van der Waals surface area contributed by atoms with Gasteiger partial charge in [-0.1, -0.05) is 12.1 Å². The lowest BCUT2D eigenvalue weighted by Crippen LogP contribution is -2.25. The van der Waals surface area contributed by atoms with Crippen LogP contribution in [0.4, 0.5) is 4.39 Å². The summed E-state index contributed by atoms with van der Waals surface area (Å²) in [6, 6.07) is 9.66. The lowest BCUT2D eigenvalue weighted by Gasteiger charge is -2.24. The molecule has 1 aliphatic rings. The summed E-state index contributed by atoms with van der Waals surface area (Å²) in [5.74, 6) is 1.04. The molecular weight excluding hydrogens is 269 g/mol. The van der Waals surface area contributed by atoms with Gasteiger partial charge in [0.15, 0.2) is 0 Å². The Kier molecular flexibility index (Phi) is 4.18. The van der Waals surface area contributed by atoms with Gasteiger partial charge in [-0.15, -0.1) is 11.3 Å². The van der Waals surface area contributed by atoms with E-state index in [1.807, 2.05) is 24.5 Å². The maximum absolute atomic E-state index is 13.3. The Hall–Kier alpha value is -1.19. The highest BCUT2D eigenvalue weighted by Crippen LogP contribution is 2.40. The van der Waals surface area contributed by atoms with Crippen LogP contribution in [0.2, 0.25) is 0 Å². The summed E-state index contributed by atoms with van der Waals surface area (Å²) in [5, 5.41) is 5.47. The summed E-state index contributed by atoms with van der Waals surface area (Å²) < 4.78 is 13.3. The molecule has 0 amide bonds. The first-order valence-corrected chi connectivity index (χ1v) is 8.11. The smallest absolute Gasteiger partial charge is 0.123 e. The second-order valence-corrected chi connectivity index (χ2v) is 6.62. The molecule has 1 heterocycles. The molecule has 106 valence electrons. The van der Waals surface area contributed by atoms with Crippen LogP contribution in [-0.4, -0.2) is 13.6 Å². The van der Waals surface area contributed by atoms with E-state index in [0.717, 1.165) is 25.8 Å². The number of rotatable bonds is 5. The van der Waals surface area contributed by atoms with Crippen molar-refractivity contribution in [1.82, 2.24) is 5.32 Å². The lowest BCUT2D eigenvalue weighted by atomic mass is 9.84. The van der Waals surface area contributed by atoms with Crippen molar-refractivity contribution < 1.29 is 4.39 Å². The number of thiophene rings is 1. The Bertz CT molecular complexity index is 564. The molecule has 2 unspecified atom stereocenters. The first-order chi connectivity index (χ1) is 9.78. The summed E-state index contributed by atoms with van der Waals surface area (Å²) in [5.41, 5.74) is 2.57. The molecule has 0 spiro atoms. The standard InChI is InChI=1S/C17H20FNS/c1-19-11-13(10-15-3-2-8-20-15)17-6-4-12-9-14(18)5-7-16(12)17/h2-3,5,7-9,13,17,19H,4,6,10-11H2,1H3. The molecule has 20 heavy (non-hydrogen) atoms. The minimum absolute atomic E-state index is 0.104. The normalized spacial score (nSPS) is 19.0. The van der Waals surface area contributed by atoms with Gasteiger partial charge in [0.1, 0.15) is 5.82 Å². The maximum atomic E-state index is 13.3. The van der Waals surface area contributed by atoms with Crippen molar-refractivity contribution >= 4 is 11.3 Å². The van der Waals surface area contributed by atoms with Crippen molar-refractivity contribution in [3.05, 3.63) is 57.5 Å². The van der Waals surface area contributed by atoms with Crippen molar-refractivity contribution in [2.75, 3.05) is 13.6 Å². The quantitative estimate of drug-likeness (QED) is 0.877. The molecule has 2 atom stereocenters. The van der Waals surface area contributed by atoms with E-state index in [9.17, 15) is 4.39 Å². The van der Waals surface area contributed by atoms with Gasteiger partial charge in [0, 0.05) is 4.88 Å².